The van der Waals surface area contributed by atoms with E-state index >= 15 is 0 Å². The van der Waals surface area contributed by atoms with Crippen molar-refractivity contribution in [3.8, 4) is 0 Å². The number of halogens is 1. The van der Waals surface area contributed by atoms with E-state index in [1.807, 2.05) is 11.0 Å². The van der Waals surface area contributed by atoms with Gasteiger partial charge in [0.25, 0.3) is 0 Å². The van der Waals surface area contributed by atoms with E-state index < -0.39 is 0 Å². The average Bonchev–Trinajstić information content (AvgIpc) is 3.05. The highest BCUT2D eigenvalue weighted by Gasteiger charge is 2.31. The number of thiophene rings is 1. The van der Waals surface area contributed by atoms with Gasteiger partial charge in [0.2, 0.25) is 11.8 Å². The number of hydrogen-bond acceptors (Lipinski definition) is 3. The smallest absolute Gasteiger partial charge is 0.246 e. The van der Waals surface area contributed by atoms with Crippen molar-refractivity contribution >= 4 is 39.1 Å². The van der Waals surface area contributed by atoms with Crippen LogP contribution in [0, 0.1) is 0 Å². The van der Waals surface area contributed by atoms with Gasteiger partial charge in [-0.05, 0) is 47.0 Å². The summed E-state index contributed by atoms with van der Waals surface area (Å²) in [4.78, 5) is 28.3. The SMILES string of the molecule is C=CC(=O)N(C)CC(=O)N1CCCC1c1ccc(Br)s1. The van der Waals surface area contributed by atoms with Crippen LogP contribution in [-0.2, 0) is 9.59 Å². The van der Waals surface area contributed by atoms with E-state index in [0.29, 0.717) is 0 Å². The molecule has 0 N–H and O–H groups in total. The fourth-order valence-electron chi connectivity index (χ4n) is 2.40. The Hall–Kier alpha value is -1.14. The molecular weight excluding hydrogens is 340 g/mol. The third-order valence-electron chi connectivity index (χ3n) is 3.42. The molecule has 0 spiro atoms. The third kappa shape index (κ3) is 3.30. The van der Waals surface area contributed by atoms with Crippen molar-refractivity contribution in [2.24, 2.45) is 0 Å². The zero-order valence-corrected chi connectivity index (χ0v) is 13.7. The maximum absolute atomic E-state index is 12.4. The highest BCUT2D eigenvalue weighted by atomic mass is 79.9. The average molecular weight is 357 g/mol. The molecule has 2 amide bonds. The lowest BCUT2D eigenvalue weighted by molar-refractivity contribution is -0.137. The predicted molar refractivity (Wildman–Crippen MR) is 83.5 cm³/mol. The molecule has 0 saturated carbocycles. The minimum absolute atomic E-state index is 0.00489. The monoisotopic (exact) mass is 356 g/mol. The molecule has 2 rings (SSSR count). The van der Waals surface area contributed by atoms with Crippen LogP contribution < -0.4 is 0 Å². The van der Waals surface area contributed by atoms with Crippen LogP contribution in [0.25, 0.3) is 0 Å². The molecular formula is C14H17BrN2O2S. The normalized spacial score (nSPS) is 18.1. The van der Waals surface area contributed by atoms with E-state index in [4.69, 9.17) is 0 Å². The summed E-state index contributed by atoms with van der Waals surface area (Å²) < 4.78 is 1.07. The van der Waals surface area contributed by atoms with Crippen LogP contribution in [0.1, 0.15) is 23.8 Å². The molecule has 1 atom stereocenters. The highest BCUT2D eigenvalue weighted by molar-refractivity contribution is 9.11. The summed E-state index contributed by atoms with van der Waals surface area (Å²) in [6, 6.07) is 4.21. The summed E-state index contributed by atoms with van der Waals surface area (Å²) in [5.74, 6) is -0.234. The van der Waals surface area contributed by atoms with Crippen LogP contribution >= 0.6 is 27.3 Å². The maximum Gasteiger partial charge on any atom is 0.246 e. The predicted octanol–water partition coefficient (Wildman–Crippen LogP) is 2.82. The van der Waals surface area contributed by atoms with Gasteiger partial charge in [-0.15, -0.1) is 11.3 Å². The Morgan fingerprint density at radius 3 is 2.95 bits per heavy atom. The molecule has 2 heterocycles. The van der Waals surface area contributed by atoms with Gasteiger partial charge in [-0.3, -0.25) is 9.59 Å². The first kappa shape index (κ1) is 15.3. The van der Waals surface area contributed by atoms with Gasteiger partial charge in [0.1, 0.15) is 0 Å². The van der Waals surface area contributed by atoms with Crippen molar-refractivity contribution in [2.45, 2.75) is 18.9 Å². The zero-order valence-electron chi connectivity index (χ0n) is 11.3. The van der Waals surface area contributed by atoms with E-state index in [9.17, 15) is 9.59 Å². The molecule has 0 radical (unpaired) electrons. The number of carbonyl (C=O) groups excluding carboxylic acids is 2. The lowest BCUT2D eigenvalue weighted by Gasteiger charge is -2.26. The van der Waals surface area contributed by atoms with Crippen molar-refractivity contribution in [1.29, 1.82) is 0 Å². The Bertz CT molecular complexity index is 529. The van der Waals surface area contributed by atoms with Crippen molar-refractivity contribution < 1.29 is 9.59 Å². The lowest BCUT2D eigenvalue weighted by Crippen LogP contribution is -2.40. The quantitative estimate of drug-likeness (QED) is 0.778. The second-order valence-corrected chi connectivity index (χ2v) is 7.28. The molecule has 1 aromatic heterocycles. The molecule has 6 heteroatoms. The van der Waals surface area contributed by atoms with Crippen LogP contribution in [0.4, 0.5) is 0 Å². The van der Waals surface area contributed by atoms with Crippen LogP contribution in [0.5, 0.6) is 0 Å². The summed E-state index contributed by atoms with van der Waals surface area (Å²) in [6.07, 6.45) is 3.22. The van der Waals surface area contributed by atoms with Crippen molar-refractivity contribution in [1.82, 2.24) is 9.80 Å². The zero-order chi connectivity index (χ0) is 14.7. The van der Waals surface area contributed by atoms with Gasteiger partial charge in [0.05, 0.1) is 16.4 Å². The Balaban J connectivity index is 2.05. The largest absolute Gasteiger partial charge is 0.333 e. The Labute approximate surface area is 131 Å². The van der Waals surface area contributed by atoms with Crippen LogP contribution in [0.3, 0.4) is 0 Å². The number of likely N-dealkylation sites (tertiary alicyclic amines) is 1. The molecule has 4 nitrogen and oxygen atoms in total. The van der Waals surface area contributed by atoms with E-state index in [0.717, 1.165) is 23.2 Å². The van der Waals surface area contributed by atoms with Gasteiger partial charge < -0.3 is 9.80 Å². The van der Waals surface area contributed by atoms with Crippen LogP contribution in [0.2, 0.25) is 0 Å². The second kappa shape index (κ2) is 6.54. The molecule has 0 aliphatic carbocycles. The van der Waals surface area contributed by atoms with Gasteiger partial charge in [-0.2, -0.15) is 0 Å². The van der Waals surface area contributed by atoms with Crippen molar-refractivity contribution in [3.63, 3.8) is 0 Å². The van der Waals surface area contributed by atoms with Crippen LogP contribution in [0.15, 0.2) is 28.6 Å². The van der Waals surface area contributed by atoms with E-state index in [2.05, 4.69) is 28.6 Å². The first-order chi connectivity index (χ1) is 9.52. The number of likely N-dealkylation sites (N-methyl/N-ethyl adjacent to an activating group) is 1. The minimum Gasteiger partial charge on any atom is -0.333 e. The first-order valence-electron chi connectivity index (χ1n) is 6.45. The molecule has 1 unspecified atom stereocenters. The summed E-state index contributed by atoms with van der Waals surface area (Å²) >= 11 is 5.12. The summed E-state index contributed by atoms with van der Waals surface area (Å²) in [7, 11) is 1.62. The third-order valence-corrected chi connectivity index (χ3v) is 5.14. The standard InChI is InChI=1S/C14H17BrN2O2S/c1-3-13(18)16(2)9-14(19)17-8-4-5-10(17)11-6-7-12(15)20-11/h3,6-7,10H,1,4-5,8-9H2,2H3. The van der Waals surface area contributed by atoms with Gasteiger partial charge >= 0.3 is 0 Å². The Morgan fingerprint density at radius 1 is 1.60 bits per heavy atom. The van der Waals surface area contributed by atoms with Crippen LogP contribution in [-0.4, -0.2) is 41.8 Å². The number of nitrogens with zero attached hydrogens (tertiary/aromatic N) is 2. The molecule has 20 heavy (non-hydrogen) atoms. The molecule has 1 aromatic rings. The summed E-state index contributed by atoms with van der Waals surface area (Å²) in [5.41, 5.74) is 0. The summed E-state index contributed by atoms with van der Waals surface area (Å²) in [5, 5.41) is 0. The first-order valence-corrected chi connectivity index (χ1v) is 8.06. The van der Waals surface area contributed by atoms with Gasteiger partial charge in [-0.25, -0.2) is 0 Å². The molecule has 0 aromatic carbocycles. The molecule has 1 saturated heterocycles. The highest BCUT2D eigenvalue weighted by Crippen LogP contribution is 2.37. The van der Waals surface area contributed by atoms with E-state index in [-0.39, 0.29) is 24.4 Å². The topological polar surface area (TPSA) is 40.6 Å². The van der Waals surface area contributed by atoms with Crippen molar-refractivity contribution in [2.75, 3.05) is 20.1 Å². The van der Waals surface area contributed by atoms with Gasteiger partial charge in [0, 0.05) is 18.5 Å². The maximum atomic E-state index is 12.4. The Kier molecular flexibility index (Phi) is 4.99. The number of carbonyl (C=O) groups is 2. The number of amides is 2. The number of hydrogen-bond donors (Lipinski definition) is 0. The fourth-order valence-corrected chi connectivity index (χ4v) is 3.97. The minimum atomic E-state index is -0.229. The summed E-state index contributed by atoms with van der Waals surface area (Å²) in [6.45, 7) is 4.30. The van der Waals surface area contributed by atoms with Gasteiger partial charge in [-0.1, -0.05) is 6.58 Å². The molecule has 0 bridgehead atoms. The lowest BCUT2D eigenvalue weighted by atomic mass is 10.2. The molecule has 1 aliphatic rings. The molecule has 108 valence electrons. The fraction of sp³-hybridized carbons (Fsp3) is 0.429. The van der Waals surface area contributed by atoms with E-state index in [1.165, 1.54) is 15.9 Å². The van der Waals surface area contributed by atoms with Gasteiger partial charge in [0.15, 0.2) is 0 Å². The van der Waals surface area contributed by atoms with Crippen molar-refractivity contribution in [3.05, 3.63) is 33.5 Å². The second-order valence-electron chi connectivity index (χ2n) is 4.79. The Morgan fingerprint density at radius 2 is 2.35 bits per heavy atom. The van der Waals surface area contributed by atoms with E-state index in [1.54, 1.807) is 18.4 Å². The molecule has 1 aliphatic heterocycles. The molecule has 1 fully saturated rings. The number of rotatable bonds is 4.